The van der Waals surface area contributed by atoms with Gasteiger partial charge in [0.15, 0.2) is 5.82 Å². The maximum Gasteiger partial charge on any atom is 0.237 e. The Morgan fingerprint density at radius 1 is 1.27 bits per heavy atom. The van der Waals surface area contributed by atoms with Crippen LogP contribution in [0.1, 0.15) is 12.5 Å². The number of hydrogen-bond donors (Lipinski definition) is 2. The zero-order valence-electron chi connectivity index (χ0n) is 14.1. The quantitative estimate of drug-likeness (QED) is 0.620. The van der Waals surface area contributed by atoms with Crippen molar-refractivity contribution in [3.05, 3.63) is 58.9 Å². The predicted octanol–water partition coefficient (Wildman–Crippen LogP) is 4.69. The molecule has 5 nitrogen and oxygen atoms in total. The molecule has 1 heterocycles. The molecule has 0 fully saturated rings. The molecule has 2 N–H and O–H groups in total. The number of benzene rings is 2. The van der Waals surface area contributed by atoms with Crippen molar-refractivity contribution in [1.82, 2.24) is 15.2 Å². The molecule has 0 radical (unpaired) electrons. The molecule has 2 aromatic carbocycles. The van der Waals surface area contributed by atoms with Crippen molar-refractivity contribution in [1.29, 1.82) is 0 Å². The molecule has 3 rings (SSSR count). The number of thioether (sulfide) groups is 1. The molecule has 0 bridgehead atoms. The molecule has 1 unspecified atom stereocenters. The van der Waals surface area contributed by atoms with Crippen LogP contribution in [-0.4, -0.2) is 26.3 Å². The van der Waals surface area contributed by atoms with E-state index in [4.69, 9.17) is 11.6 Å². The van der Waals surface area contributed by atoms with E-state index < -0.39 is 11.1 Å². The zero-order valence-corrected chi connectivity index (χ0v) is 15.7. The number of H-pyrrole nitrogens is 1. The first-order valence-electron chi connectivity index (χ1n) is 7.84. The maximum atomic E-state index is 13.1. The number of anilines is 1. The normalized spacial score (nSPS) is 12.0. The van der Waals surface area contributed by atoms with Crippen LogP contribution in [0.15, 0.2) is 47.6 Å². The Hall–Kier alpha value is -2.38. The molecular weight excluding hydrogens is 375 g/mol. The largest absolute Gasteiger partial charge is 0.324 e. The van der Waals surface area contributed by atoms with E-state index in [1.165, 1.54) is 23.9 Å². The average Bonchev–Trinajstić information content (AvgIpc) is 3.06. The predicted molar refractivity (Wildman–Crippen MR) is 102 cm³/mol. The molecular formula is C18H16ClFN4OS. The van der Waals surface area contributed by atoms with Gasteiger partial charge in [-0.15, -0.1) is 5.10 Å². The average molecular weight is 391 g/mol. The van der Waals surface area contributed by atoms with E-state index in [0.29, 0.717) is 16.7 Å². The fourth-order valence-corrected chi connectivity index (χ4v) is 3.12. The van der Waals surface area contributed by atoms with Gasteiger partial charge < -0.3 is 5.32 Å². The number of carbonyl (C=O) groups is 1. The number of aromatic amines is 1. The van der Waals surface area contributed by atoms with Crippen molar-refractivity contribution in [3.8, 4) is 11.4 Å². The van der Waals surface area contributed by atoms with E-state index in [-0.39, 0.29) is 10.9 Å². The van der Waals surface area contributed by atoms with Crippen LogP contribution in [0.3, 0.4) is 0 Å². The summed E-state index contributed by atoms with van der Waals surface area (Å²) in [6, 6.07) is 11.7. The highest BCUT2D eigenvalue weighted by molar-refractivity contribution is 8.00. The topological polar surface area (TPSA) is 70.7 Å². The number of nitrogens with one attached hydrogen (secondary N) is 2. The molecule has 8 heteroatoms. The van der Waals surface area contributed by atoms with E-state index in [1.807, 2.05) is 31.2 Å². The van der Waals surface area contributed by atoms with Crippen LogP contribution in [-0.2, 0) is 4.79 Å². The molecule has 0 aliphatic carbocycles. The Bertz CT molecular complexity index is 929. The number of aryl methyl sites for hydroxylation is 1. The summed E-state index contributed by atoms with van der Waals surface area (Å²) in [5, 5.41) is 9.85. The van der Waals surface area contributed by atoms with Gasteiger partial charge in [0.05, 0.1) is 16.0 Å². The van der Waals surface area contributed by atoms with Gasteiger partial charge in [-0.2, -0.15) is 0 Å². The summed E-state index contributed by atoms with van der Waals surface area (Å²) >= 11 is 7.15. The van der Waals surface area contributed by atoms with E-state index in [2.05, 4.69) is 20.5 Å². The number of carbonyl (C=O) groups excluding carboxylic acids is 1. The van der Waals surface area contributed by atoms with Gasteiger partial charge in [-0.3, -0.25) is 9.89 Å². The lowest BCUT2D eigenvalue weighted by atomic mass is 10.1. The highest BCUT2D eigenvalue weighted by atomic mass is 35.5. The molecule has 1 amide bonds. The lowest BCUT2D eigenvalue weighted by Gasteiger charge is -2.11. The minimum Gasteiger partial charge on any atom is -0.324 e. The van der Waals surface area contributed by atoms with Gasteiger partial charge in [0.2, 0.25) is 11.1 Å². The molecule has 1 atom stereocenters. The molecule has 134 valence electrons. The zero-order chi connectivity index (χ0) is 18.7. The smallest absolute Gasteiger partial charge is 0.237 e. The van der Waals surface area contributed by atoms with Crippen molar-refractivity contribution in [2.24, 2.45) is 0 Å². The van der Waals surface area contributed by atoms with Crippen LogP contribution >= 0.6 is 23.4 Å². The molecule has 0 aliphatic rings. The summed E-state index contributed by atoms with van der Waals surface area (Å²) < 4.78 is 13.1. The fourth-order valence-electron chi connectivity index (χ4n) is 2.18. The van der Waals surface area contributed by atoms with Crippen molar-refractivity contribution in [2.75, 3.05) is 5.32 Å². The first-order valence-corrected chi connectivity index (χ1v) is 9.10. The van der Waals surface area contributed by atoms with Crippen LogP contribution in [0.2, 0.25) is 5.02 Å². The Morgan fingerprint density at radius 3 is 2.69 bits per heavy atom. The summed E-state index contributed by atoms with van der Waals surface area (Å²) in [4.78, 5) is 16.7. The van der Waals surface area contributed by atoms with Crippen molar-refractivity contribution < 1.29 is 9.18 Å². The molecule has 0 aliphatic heterocycles. The summed E-state index contributed by atoms with van der Waals surface area (Å²) in [5.41, 5.74) is 2.44. The van der Waals surface area contributed by atoms with E-state index in [1.54, 1.807) is 6.92 Å². The maximum absolute atomic E-state index is 13.1. The van der Waals surface area contributed by atoms with E-state index in [9.17, 15) is 9.18 Å². The van der Waals surface area contributed by atoms with Gasteiger partial charge in [-0.05, 0) is 32.0 Å². The second-order valence-corrected chi connectivity index (χ2v) is 7.42. The van der Waals surface area contributed by atoms with Crippen LogP contribution in [0.25, 0.3) is 11.4 Å². The lowest BCUT2D eigenvalue weighted by Crippen LogP contribution is -2.22. The van der Waals surface area contributed by atoms with Gasteiger partial charge in [-0.1, -0.05) is 53.2 Å². The second kappa shape index (κ2) is 7.88. The number of rotatable bonds is 5. The van der Waals surface area contributed by atoms with Gasteiger partial charge >= 0.3 is 0 Å². The first kappa shape index (κ1) is 18.4. The first-order chi connectivity index (χ1) is 12.4. The van der Waals surface area contributed by atoms with Crippen molar-refractivity contribution in [2.45, 2.75) is 24.3 Å². The third-order valence-corrected chi connectivity index (χ3v) is 4.90. The summed E-state index contributed by atoms with van der Waals surface area (Å²) in [7, 11) is 0. The van der Waals surface area contributed by atoms with E-state index >= 15 is 0 Å². The Kier molecular flexibility index (Phi) is 5.58. The molecule has 0 saturated carbocycles. The third kappa shape index (κ3) is 4.42. The molecule has 26 heavy (non-hydrogen) atoms. The number of halogens is 2. The number of amides is 1. The van der Waals surface area contributed by atoms with Gasteiger partial charge in [-0.25, -0.2) is 9.37 Å². The molecule has 0 saturated heterocycles. The minimum atomic E-state index is -0.460. The lowest BCUT2D eigenvalue weighted by molar-refractivity contribution is -0.115. The molecule has 1 aromatic heterocycles. The van der Waals surface area contributed by atoms with Crippen LogP contribution in [0, 0.1) is 12.7 Å². The molecule has 0 spiro atoms. The van der Waals surface area contributed by atoms with Gasteiger partial charge in [0.25, 0.3) is 0 Å². The third-order valence-electron chi connectivity index (χ3n) is 3.63. The number of hydrogen-bond acceptors (Lipinski definition) is 4. The Balaban J connectivity index is 1.65. The highest BCUT2D eigenvalue weighted by Gasteiger charge is 2.18. The Morgan fingerprint density at radius 2 is 2.00 bits per heavy atom. The van der Waals surface area contributed by atoms with Gasteiger partial charge in [0.1, 0.15) is 5.82 Å². The van der Waals surface area contributed by atoms with E-state index in [0.717, 1.165) is 17.2 Å². The summed E-state index contributed by atoms with van der Waals surface area (Å²) in [6.07, 6.45) is 0. The van der Waals surface area contributed by atoms with Crippen LogP contribution < -0.4 is 5.32 Å². The molecule has 3 aromatic rings. The standard InChI is InChI=1S/C18H16ClFN4OS/c1-10-3-5-12(6-4-10)16-22-18(24-23-16)26-11(2)17(25)21-15-8-7-13(20)9-14(15)19/h3-9,11H,1-2H3,(H,21,25)(H,22,23,24). The summed E-state index contributed by atoms with van der Waals surface area (Å²) in [5.74, 6) is -0.0911. The fraction of sp³-hybridized carbons (Fsp3) is 0.167. The second-order valence-electron chi connectivity index (χ2n) is 5.71. The van der Waals surface area contributed by atoms with Crippen LogP contribution in [0.4, 0.5) is 10.1 Å². The van der Waals surface area contributed by atoms with Crippen LogP contribution in [0.5, 0.6) is 0 Å². The monoisotopic (exact) mass is 390 g/mol. The Labute approximate surface area is 159 Å². The van der Waals surface area contributed by atoms with Crippen molar-refractivity contribution in [3.63, 3.8) is 0 Å². The van der Waals surface area contributed by atoms with Crippen molar-refractivity contribution >= 4 is 35.0 Å². The summed E-state index contributed by atoms with van der Waals surface area (Å²) in [6.45, 7) is 3.75. The number of nitrogens with zero attached hydrogens (tertiary/aromatic N) is 2. The van der Waals surface area contributed by atoms with Gasteiger partial charge in [0, 0.05) is 5.56 Å². The minimum absolute atomic E-state index is 0.148. The number of aromatic nitrogens is 3. The SMILES string of the molecule is Cc1ccc(-c2nc(SC(C)C(=O)Nc3ccc(F)cc3Cl)n[nH]2)cc1. The highest BCUT2D eigenvalue weighted by Crippen LogP contribution is 2.26.